The predicted octanol–water partition coefficient (Wildman–Crippen LogP) is 5.60. The van der Waals surface area contributed by atoms with E-state index in [0.717, 1.165) is 16.9 Å². The van der Waals surface area contributed by atoms with Crippen molar-refractivity contribution in [2.75, 3.05) is 6.61 Å². The highest BCUT2D eigenvalue weighted by atomic mass is 35.5. The van der Waals surface area contributed by atoms with Gasteiger partial charge in [-0.05, 0) is 24.6 Å². The Morgan fingerprint density at radius 1 is 0.930 bits per heavy atom. The molecule has 226 valence electrons. The molecule has 5 aromatic rings. The normalized spacial score (nSPS) is 12.9. The Morgan fingerprint density at radius 2 is 1.72 bits per heavy atom. The maximum atomic E-state index is 15.2. The molecule has 5 rings (SSSR count). The minimum Gasteiger partial charge on any atom is -0.323 e. The van der Waals surface area contributed by atoms with Crippen LogP contribution in [0.25, 0.3) is 28.2 Å². The number of nitrogens with zero attached hydrogens (tertiary/aromatic N) is 10. The van der Waals surface area contributed by atoms with E-state index < -0.39 is 43.5 Å². The fraction of sp³-hybridized carbons (Fsp3) is 0.261. The molecule has 0 aliphatic heterocycles. The van der Waals surface area contributed by atoms with Gasteiger partial charge in [0.05, 0.1) is 47.6 Å². The summed E-state index contributed by atoms with van der Waals surface area (Å²) in [6, 6.07) is 4.17. The summed E-state index contributed by atoms with van der Waals surface area (Å²) >= 11 is 5.95. The smallest absolute Gasteiger partial charge is 0.323 e. The molecule has 1 unspecified atom stereocenters. The minimum atomic E-state index is -4.80. The van der Waals surface area contributed by atoms with Crippen molar-refractivity contribution in [1.82, 2.24) is 50.0 Å². The van der Waals surface area contributed by atoms with Crippen molar-refractivity contribution in [3.63, 3.8) is 0 Å². The van der Waals surface area contributed by atoms with E-state index in [2.05, 4.69) is 40.7 Å². The summed E-state index contributed by atoms with van der Waals surface area (Å²) in [6.45, 7) is -6.58. The number of benzene rings is 1. The molecule has 0 saturated carbocycles. The fourth-order valence-corrected chi connectivity index (χ4v) is 4.23. The van der Waals surface area contributed by atoms with Crippen LogP contribution in [0.15, 0.2) is 49.1 Å². The monoisotopic (exact) mass is 634 g/mol. The highest BCUT2D eigenvalue weighted by Crippen LogP contribution is 2.35. The highest BCUT2D eigenvalue weighted by molar-refractivity contribution is 6.31. The summed E-state index contributed by atoms with van der Waals surface area (Å²) in [7, 11) is 0. The summed E-state index contributed by atoms with van der Waals surface area (Å²) in [5.41, 5.74) is -1.67. The summed E-state index contributed by atoms with van der Waals surface area (Å²) in [4.78, 5) is 4.28. The Hall–Kier alpha value is -4.52. The Labute approximate surface area is 239 Å². The number of rotatable bonds is 10. The van der Waals surface area contributed by atoms with Crippen molar-refractivity contribution in [3.8, 4) is 28.2 Å². The first-order valence-electron chi connectivity index (χ1n) is 11.9. The maximum Gasteiger partial charge on any atom is 0.436 e. The first-order valence-corrected chi connectivity index (χ1v) is 12.3. The van der Waals surface area contributed by atoms with E-state index in [9.17, 15) is 30.7 Å². The zero-order chi connectivity index (χ0) is 30.9. The molecule has 0 bridgehead atoms. The lowest BCUT2D eigenvalue weighted by Gasteiger charge is -2.17. The molecule has 0 N–H and O–H groups in total. The van der Waals surface area contributed by atoms with Gasteiger partial charge in [0, 0.05) is 17.3 Å². The van der Waals surface area contributed by atoms with E-state index in [1.165, 1.54) is 35.3 Å². The average Bonchev–Trinajstić information content (AvgIpc) is 3.73. The van der Waals surface area contributed by atoms with Crippen LogP contribution in [-0.4, -0.2) is 63.2 Å². The molecule has 4 heterocycles. The molecular formula is C23H15ClF8N10O. The molecule has 0 saturated heterocycles. The van der Waals surface area contributed by atoms with E-state index in [0.29, 0.717) is 10.9 Å². The lowest BCUT2D eigenvalue weighted by atomic mass is 10.0. The summed E-state index contributed by atoms with van der Waals surface area (Å²) in [5, 5.41) is 20.7. The van der Waals surface area contributed by atoms with Crippen molar-refractivity contribution in [2.45, 2.75) is 31.8 Å². The van der Waals surface area contributed by atoms with Crippen LogP contribution in [0.4, 0.5) is 35.1 Å². The van der Waals surface area contributed by atoms with Crippen LogP contribution in [0, 0.1) is 5.82 Å². The second-order valence-electron chi connectivity index (χ2n) is 8.63. The largest absolute Gasteiger partial charge is 0.436 e. The SMILES string of the molecule is Fc1c(Cl)ccc(-n2cc(C(F)(F)F)nn2)c1-c1ccc(C(CCOC(F)F)n2cc(-c3cnnn3C(F)F)nn2)nc1. The minimum absolute atomic E-state index is 0.0570. The molecule has 0 aliphatic carbocycles. The predicted molar refractivity (Wildman–Crippen MR) is 130 cm³/mol. The number of pyridine rings is 1. The van der Waals surface area contributed by atoms with E-state index in [-0.39, 0.29) is 45.3 Å². The number of ether oxygens (including phenoxy) is 1. The molecule has 1 aromatic carbocycles. The lowest BCUT2D eigenvalue weighted by Crippen LogP contribution is -2.16. The first kappa shape index (κ1) is 30.0. The standard InChI is InChI=1S/C23H15ClF8N10O/c24-12-2-4-16(41-10-18(36-39-41)23(30,31)32)19(20(12)25)11-1-3-13(33-7-11)15(5-6-43-22(28)29)40-9-14(35-38-40)17-8-34-37-42(17)21(26)27/h1-4,7-10,15,21-22H,5-6H2. The van der Waals surface area contributed by atoms with E-state index >= 15 is 4.39 Å². The van der Waals surface area contributed by atoms with Gasteiger partial charge in [0.25, 0.3) is 0 Å². The second-order valence-corrected chi connectivity index (χ2v) is 9.04. The lowest BCUT2D eigenvalue weighted by molar-refractivity contribution is -0.141. The molecule has 4 aromatic heterocycles. The van der Waals surface area contributed by atoms with Crippen LogP contribution in [-0.2, 0) is 10.9 Å². The van der Waals surface area contributed by atoms with Crippen molar-refractivity contribution >= 4 is 11.6 Å². The van der Waals surface area contributed by atoms with Crippen LogP contribution in [0.2, 0.25) is 5.02 Å². The third-order valence-electron chi connectivity index (χ3n) is 6.01. The van der Waals surface area contributed by atoms with E-state index in [4.69, 9.17) is 11.6 Å². The third-order valence-corrected chi connectivity index (χ3v) is 6.30. The Morgan fingerprint density at radius 3 is 2.37 bits per heavy atom. The van der Waals surface area contributed by atoms with E-state index in [1.807, 2.05) is 0 Å². The van der Waals surface area contributed by atoms with Gasteiger partial charge in [0.1, 0.15) is 11.4 Å². The molecule has 0 fully saturated rings. The van der Waals surface area contributed by atoms with E-state index in [1.54, 1.807) is 0 Å². The number of hydrogen-bond acceptors (Lipinski definition) is 8. The Bertz CT molecular complexity index is 1700. The molecule has 20 heteroatoms. The quantitative estimate of drug-likeness (QED) is 0.182. The third kappa shape index (κ3) is 6.31. The van der Waals surface area contributed by atoms with Gasteiger partial charge in [-0.3, -0.25) is 4.98 Å². The number of aromatic nitrogens is 10. The summed E-state index contributed by atoms with van der Waals surface area (Å²) in [5.74, 6) is -0.982. The van der Waals surface area contributed by atoms with Crippen molar-refractivity contribution in [2.24, 2.45) is 0 Å². The molecule has 43 heavy (non-hydrogen) atoms. The van der Waals surface area contributed by atoms with Crippen molar-refractivity contribution < 1.29 is 39.9 Å². The molecule has 0 aliphatic rings. The maximum absolute atomic E-state index is 15.2. The van der Waals surface area contributed by atoms with Crippen LogP contribution in [0.3, 0.4) is 0 Å². The van der Waals surface area contributed by atoms with Gasteiger partial charge in [-0.2, -0.15) is 35.4 Å². The van der Waals surface area contributed by atoms with Gasteiger partial charge < -0.3 is 4.74 Å². The van der Waals surface area contributed by atoms with Crippen LogP contribution >= 0.6 is 11.6 Å². The molecule has 0 spiro atoms. The topological polar surface area (TPSA) is 114 Å². The van der Waals surface area contributed by atoms with Crippen LogP contribution in [0.5, 0.6) is 0 Å². The molecule has 11 nitrogen and oxygen atoms in total. The summed E-state index contributed by atoms with van der Waals surface area (Å²) in [6.07, 6.45) is -0.910. The van der Waals surface area contributed by atoms with Crippen LogP contribution in [0.1, 0.15) is 30.4 Å². The van der Waals surface area contributed by atoms with Crippen molar-refractivity contribution in [3.05, 3.63) is 71.3 Å². The number of alkyl halides is 7. The summed E-state index contributed by atoms with van der Waals surface area (Å²) < 4.78 is 113. The van der Waals surface area contributed by atoms with Gasteiger partial charge in [-0.15, -0.1) is 15.3 Å². The molecule has 1 atom stereocenters. The van der Waals surface area contributed by atoms with Gasteiger partial charge in [0.2, 0.25) is 0 Å². The van der Waals surface area contributed by atoms with Gasteiger partial charge in [-0.25, -0.2) is 13.8 Å². The Kier molecular flexibility index (Phi) is 8.36. The zero-order valence-corrected chi connectivity index (χ0v) is 21.8. The van der Waals surface area contributed by atoms with Gasteiger partial charge >= 0.3 is 19.3 Å². The Balaban J connectivity index is 1.51. The van der Waals surface area contributed by atoms with Gasteiger partial charge in [-0.1, -0.05) is 33.3 Å². The van der Waals surface area contributed by atoms with Gasteiger partial charge in [0.15, 0.2) is 11.5 Å². The zero-order valence-electron chi connectivity index (χ0n) is 21.0. The number of hydrogen-bond donors (Lipinski definition) is 0. The highest BCUT2D eigenvalue weighted by Gasteiger charge is 2.35. The fourth-order valence-electron chi connectivity index (χ4n) is 4.07. The average molecular weight is 635 g/mol. The second kappa shape index (κ2) is 12.0. The van der Waals surface area contributed by atoms with Crippen LogP contribution < -0.4 is 0 Å². The molecular weight excluding hydrogens is 620 g/mol. The molecule has 0 amide bonds. The first-order chi connectivity index (χ1) is 20.4. The molecule has 0 radical (unpaired) electrons. The number of halogens is 9. The van der Waals surface area contributed by atoms with Crippen molar-refractivity contribution in [1.29, 1.82) is 0 Å².